The molecule has 0 aliphatic rings. The highest BCUT2D eigenvalue weighted by Crippen LogP contribution is 2.30. The van der Waals surface area contributed by atoms with Gasteiger partial charge in [-0.1, -0.05) is 41.7 Å². The second kappa shape index (κ2) is 4.20. The van der Waals surface area contributed by atoms with Crippen molar-refractivity contribution in [1.29, 1.82) is 0 Å². The number of carboxylic acids is 1. The second-order valence-electron chi connectivity index (χ2n) is 4.35. The van der Waals surface area contributed by atoms with Crippen molar-refractivity contribution in [1.82, 2.24) is 9.38 Å². The Morgan fingerprint density at radius 1 is 1.21 bits per heavy atom. The number of thiazole rings is 1. The predicted octanol–water partition coefficient (Wildman–Crippen LogP) is 3.38. The maximum absolute atomic E-state index is 11.1. The number of aryl methyl sites for hydroxylation is 2. The first-order valence-electron chi connectivity index (χ1n) is 5.86. The summed E-state index contributed by atoms with van der Waals surface area (Å²) in [5, 5.41) is 9.13. The Morgan fingerprint density at radius 3 is 2.47 bits per heavy atom. The summed E-state index contributed by atoms with van der Waals surface area (Å²) >= 11 is 1.21. The van der Waals surface area contributed by atoms with E-state index in [1.807, 2.05) is 48.6 Å². The average Bonchev–Trinajstić information content (AvgIpc) is 2.89. The summed E-state index contributed by atoms with van der Waals surface area (Å²) < 4.78 is 1.91. The van der Waals surface area contributed by atoms with Crippen molar-refractivity contribution >= 4 is 22.3 Å². The van der Waals surface area contributed by atoms with Gasteiger partial charge in [0.05, 0.1) is 5.69 Å². The van der Waals surface area contributed by atoms with E-state index in [0.29, 0.717) is 4.88 Å². The van der Waals surface area contributed by atoms with Gasteiger partial charge in [0.15, 0.2) is 4.96 Å². The molecular weight excluding hydrogens is 260 g/mol. The lowest BCUT2D eigenvalue weighted by Crippen LogP contribution is -1.98. The Balaban J connectivity index is 2.26. The van der Waals surface area contributed by atoms with Crippen LogP contribution in [-0.4, -0.2) is 20.5 Å². The van der Waals surface area contributed by atoms with E-state index in [0.717, 1.165) is 27.6 Å². The largest absolute Gasteiger partial charge is 0.477 e. The van der Waals surface area contributed by atoms with Crippen LogP contribution in [0.5, 0.6) is 0 Å². The molecular formula is C14H12N2O2S. The summed E-state index contributed by atoms with van der Waals surface area (Å²) in [6.07, 6.45) is 0. The lowest BCUT2D eigenvalue weighted by atomic mass is 10.1. The molecule has 19 heavy (non-hydrogen) atoms. The highest BCUT2D eigenvalue weighted by Gasteiger charge is 2.19. The Bertz CT molecular complexity index is 772. The molecule has 0 aliphatic heterocycles. The van der Waals surface area contributed by atoms with Gasteiger partial charge in [0, 0.05) is 17.0 Å². The molecule has 3 aromatic rings. The van der Waals surface area contributed by atoms with E-state index in [1.165, 1.54) is 11.3 Å². The zero-order valence-electron chi connectivity index (χ0n) is 10.5. The van der Waals surface area contributed by atoms with Crippen molar-refractivity contribution < 1.29 is 9.90 Å². The van der Waals surface area contributed by atoms with Crippen LogP contribution in [0.4, 0.5) is 0 Å². The summed E-state index contributed by atoms with van der Waals surface area (Å²) in [7, 11) is 0. The summed E-state index contributed by atoms with van der Waals surface area (Å²) in [6, 6.07) is 9.92. The first-order chi connectivity index (χ1) is 9.09. The van der Waals surface area contributed by atoms with Crippen LogP contribution in [0.1, 0.15) is 21.1 Å². The molecule has 0 saturated heterocycles. The number of hydrogen-bond acceptors (Lipinski definition) is 3. The second-order valence-corrected chi connectivity index (χ2v) is 5.33. The molecule has 0 saturated carbocycles. The minimum absolute atomic E-state index is 0.352. The van der Waals surface area contributed by atoms with Crippen molar-refractivity contribution in [3.63, 3.8) is 0 Å². The smallest absolute Gasteiger partial charge is 0.347 e. The molecule has 2 heterocycles. The van der Waals surface area contributed by atoms with E-state index in [2.05, 4.69) is 4.98 Å². The van der Waals surface area contributed by atoms with E-state index in [1.54, 1.807) is 0 Å². The van der Waals surface area contributed by atoms with Gasteiger partial charge >= 0.3 is 5.97 Å². The van der Waals surface area contributed by atoms with Gasteiger partial charge in [0.2, 0.25) is 0 Å². The molecule has 4 nitrogen and oxygen atoms in total. The van der Waals surface area contributed by atoms with Gasteiger partial charge < -0.3 is 5.11 Å². The van der Waals surface area contributed by atoms with Gasteiger partial charge in [0.1, 0.15) is 4.88 Å². The third-order valence-corrected chi connectivity index (χ3v) is 4.31. The fourth-order valence-corrected chi connectivity index (χ4v) is 3.28. The Hall–Kier alpha value is -2.14. The number of carbonyl (C=O) groups is 1. The number of benzene rings is 1. The van der Waals surface area contributed by atoms with E-state index in [4.69, 9.17) is 5.11 Å². The summed E-state index contributed by atoms with van der Waals surface area (Å²) in [5.41, 5.74) is 3.67. The Morgan fingerprint density at radius 2 is 1.89 bits per heavy atom. The van der Waals surface area contributed by atoms with Crippen LogP contribution in [0, 0.1) is 13.8 Å². The monoisotopic (exact) mass is 272 g/mol. The minimum Gasteiger partial charge on any atom is -0.477 e. The molecule has 0 aliphatic carbocycles. The van der Waals surface area contributed by atoms with Gasteiger partial charge in [0.25, 0.3) is 0 Å². The molecule has 0 fully saturated rings. The standard InChI is InChI=1S/C14H12N2O2S/c1-8-11(10-6-4-3-5-7-10)15-14-16(8)9(2)12(19-14)13(17)18/h3-7H,1-2H3,(H,17,18). The minimum atomic E-state index is -0.895. The lowest BCUT2D eigenvalue weighted by Gasteiger charge is -2.00. The molecule has 3 rings (SSSR count). The van der Waals surface area contributed by atoms with Crippen molar-refractivity contribution in [2.45, 2.75) is 13.8 Å². The molecule has 0 amide bonds. The Kier molecular flexibility index (Phi) is 2.64. The van der Waals surface area contributed by atoms with Crippen LogP contribution >= 0.6 is 11.3 Å². The van der Waals surface area contributed by atoms with Gasteiger partial charge in [-0.05, 0) is 13.8 Å². The third-order valence-electron chi connectivity index (χ3n) is 3.18. The molecule has 5 heteroatoms. The Labute approximate surface area is 114 Å². The van der Waals surface area contributed by atoms with Crippen molar-refractivity contribution in [2.24, 2.45) is 0 Å². The van der Waals surface area contributed by atoms with Crippen LogP contribution in [0.2, 0.25) is 0 Å². The van der Waals surface area contributed by atoms with Gasteiger partial charge in [-0.2, -0.15) is 0 Å². The van der Waals surface area contributed by atoms with Crippen molar-refractivity contribution in [2.75, 3.05) is 0 Å². The highest BCUT2D eigenvalue weighted by atomic mass is 32.1. The predicted molar refractivity (Wildman–Crippen MR) is 74.9 cm³/mol. The van der Waals surface area contributed by atoms with Gasteiger partial charge in [-0.3, -0.25) is 4.40 Å². The number of fused-ring (bicyclic) bond motifs is 1. The van der Waals surface area contributed by atoms with Crippen molar-refractivity contribution in [3.05, 3.63) is 46.6 Å². The van der Waals surface area contributed by atoms with Crippen molar-refractivity contribution in [3.8, 4) is 11.3 Å². The van der Waals surface area contributed by atoms with Crippen LogP contribution in [0.25, 0.3) is 16.2 Å². The normalized spacial score (nSPS) is 11.1. The summed E-state index contributed by atoms with van der Waals surface area (Å²) in [6.45, 7) is 3.78. The van der Waals surface area contributed by atoms with Crippen LogP contribution in [-0.2, 0) is 0 Å². The van der Waals surface area contributed by atoms with E-state index in [-0.39, 0.29) is 0 Å². The molecule has 0 spiro atoms. The number of imidazole rings is 1. The number of rotatable bonds is 2. The zero-order chi connectivity index (χ0) is 13.6. The third kappa shape index (κ3) is 1.74. The maximum Gasteiger partial charge on any atom is 0.347 e. The summed E-state index contributed by atoms with van der Waals surface area (Å²) in [4.78, 5) is 16.8. The van der Waals surface area contributed by atoms with E-state index >= 15 is 0 Å². The maximum atomic E-state index is 11.1. The van der Waals surface area contributed by atoms with Crippen LogP contribution in [0.15, 0.2) is 30.3 Å². The van der Waals surface area contributed by atoms with E-state index in [9.17, 15) is 4.79 Å². The topological polar surface area (TPSA) is 54.6 Å². The highest BCUT2D eigenvalue weighted by molar-refractivity contribution is 7.19. The molecule has 2 aromatic heterocycles. The number of carboxylic acid groups (broad SMARTS) is 1. The fraction of sp³-hybridized carbons (Fsp3) is 0.143. The zero-order valence-corrected chi connectivity index (χ0v) is 11.4. The number of aromatic carboxylic acids is 1. The lowest BCUT2D eigenvalue weighted by molar-refractivity contribution is 0.0701. The summed E-state index contributed by atoms with van der Waals surface area (Å²) in [5.74, 6) is -0.895. The van der Waals surface area contributed by atoms with Crippen LogP contribution < -0.4 is 0 Å². The first-order valence-corrected chi connectivity index (χ1v) is 6.68. The molecule has 0 atom stereocenters. The SMILES string of the molecule is Cc1c(-c2ccccc2)nc2sc(C(=O)O)c(C)n12. The first kappa shape index (κ1) is 11.9. The average molecular weight is 272 g/mol. The molecule has 0 bridgehead atoms. The quantitative estimate of drug-likeness (QED) is 0.778. The van der Waals surface area contributed by atoms with Gasteiger partial charge in [-0.15, -0.1) is 0 Å². The number of aromatic nitrogens is 2. The van der Waals surface area contributed by atoms with Gasteiger partial charge in [-0.25, -0.2) is 9.78 Å². The number of nitrogens with zero attached hydrogens (tertiary/aromatic N) is 2. The molecule has 1 aromatic carbocycles. The fourth-order valence-electron chi connectivity index (χ4n) is 2.27. The molecule has 0 unspecified atom stereocenters. The van der Waals surface area contributed by atoms with E-state index < -0.39 is 5.97 Å². The molecule has 1 N–H and O–H groups in total. The number of hydrogen-bond donors (Lipinski definition) is 1. The molecule has 96 valence electrons. The molecule has 0 radical (unpaired) electrons. The van der Waals surface area contributed by atoms with Crippen LogP contribution in [0.3, 0.4) is 0 Å².